The smallest absolute Gasteiger partial charge is 0.319 e. The van der Waals surface area contributed by atoms with E-state index in [1.54, 1.807) is 18.2 Å². The molecule has 0 saturated heterocycles. The lowest BCUT2D eigenvalue weighted by atomic mass is 10.0. The summed E-state index contributed by atoms with van der Waals surface area (Å²) in [6, 6.07) is 22.8. The second-order valence-electron chi connectivity index (χ2n) is 8.19. The van der Waals surface area contributed by atoms with Gasteiger partial charge >= 0.3 is 6.03 Å². The molecule has 0 atom stereocenters. The summed E-state index contributed by atoms with van der Waals surface area (Å²) in [5.41, 5.74) is 3.74. The average Bonchev–Trinajstić information content (AvgIpc) is 3.26. The highest BCUT2D eigenvalue weighted by atomic mass is 35.5. The molecule has 3 aromatic carbocycles. The highest BCUT2D eigenvalue weighted by molar-refractivity contribution is 7.98. The molecule has 1 heterocycles. The molecule has 4 rings (SSSR count). The lowest BCUT2D eigenvalue weighted by Gasteiger charge is -2.13. The average molecular weight is 526 g/mol. The number of hydrogen-bond acceptors (Lipinski definition) is 4. The Bertz CT molecular complexity index is 1290. The molecule has 0 fully saturated rings. The Hall–Kier alpha value is -3.00. The number of anilines is 1. The number of urea groups is 1. The Morgan fingerprint density at radius 2 is 1.74 bits per heavy atom. The van der Waals surface area contributed by atoms with E-state index in [4.69, 9.17) is 23.2 Å². The molecule has 0 aliphatic rings. The third kappa shape index (κ3) is 6.57. The molecule has 6 nitrogen and oxygen atoms in total. The molecule has 2 N–H and O–H groups in total. The summed E-state index contributed by atoms with van der Waals surface area (Å²) in [6.45, 7) is 4.41. The van der Waals surface area contributed by atoms with Crippen LogP contribution in [0, 0.1) is 0 Å². The van der Waals surface area contributed by atoms with Gasteiger partial charge in [0.05, 0.1) is 17.3 Å². The molecule has 35 heavy (non-hydrogen) atoms. The van der Waals surface area contributed by atoms with Crippen LogP contribution in [0.2, 0.25) is 10.0 Å². The lowest BCUT2D eigenvalue weighted by Crippen LogP contribution is -2.29. The summed E-state index contributed by atoms with van der Waals surface area (Å²) in [7, 11) is 0. The van der Waals surface area contributed by atoms with Crippen LogP contribution >= 0.6 is 35.0 Å². The molecule has 0 spiro atoms. The monoisotopic (exact) mass is 525 g/mol. The van der Waals surface area contributed by atoms with Crippen molar-refractivity contribution in [2.75, 3.05) is 5.32 Å². The molecule has 180 valence electrons. The first-order valence-electron chi connectivity index (χ1n) is 11.1. The van der Waals surface area contributed by atoms with Gasteiger partial charge in [0.2, 0.25) is 0 Å². The van der Waals surface area contributed by atoms with E-state index in [1.165, 1.54) is 17.3 Å². The van der Waals surface area contributed by atoms with Crippen molar-refractivity contribution in [1.29, 1.82) is 0 Å². The minimum Gasteiger partial charge on any atom is -0.331 e. The Kier molecular flexibility index (Phi) is 8.33. The summed E-state index contributed by atoms with van der Waals surface area (Å²) >= 11 is 14.3. The van der Waals surface area contributed by atoms with Gasteiger partial charge in [0.25, 0.3) is 0 Å². The van der Waals surface area contributed by atoms with Crippen LogP contribution in [0.25, 0.3) is 5.69 Å². The maximum atomic E-state index is 12.6. The number of aromatic nitrogens is 3. The quantitative estimate of drug-likeness (QED) is 0.236. The van der Waals surface area contributed by atoms with Crippen molar-refractivity contribution in [3.63, 3.8) is 0 Å². The van der Waals surface area contributed by atoms with E-state index in [9.17, 15) is 4.79 Å². The van der Waals surface area contributed by atoms with Crippen LogP contribution in [0.5, 0.6) is 0 Å². The Labute approximate surface area is 219 Å². The number of hydrogen-bond donors (Lipinski definition) is 2. The third-order valence-corrected chi connectivity index (χ3v) is 6.86. The maximum absolute atomic E-state index is 12.6. The largest absolute Gasteiger partial charge is 0.331 e. The third-order valence-electron chi connectivity index (χ3n) is 5.30. The van der Waals surface area contributed by atoms with Gasteiger partial charge in [-0.2, -0.15) is 0 Å². The van der Waals surface area contributed by atoms with Gasteiger partial charge in [-0.3, -0.25) is 4.57 Å². The van der Waals surface area contributed by atoms with Gasteiger partial charge < -0.3 is 10.6 Å². The molecule has 0 bridgehead atoms. The van der Waals surface area contributed by atoms with Crippen LogP contribution in [0.1, 0.15) is 36.7 Å². The summed E-state index contributed by atoms with van der Waals surface area (Å²) < 4.78 is 1.83. The van der Waals surface area contributed by atoms with Crippen LogP contribution in [-0.2, 0) is 12.3 Å². The minimum absolute atomic E-state index is 0.150. The number of nitrogens with zero attached hydrogens (tertiary/aromatic N) is 3. The van der Waals surface area contributed by atoms with Gasteiger partial charge in [-0.25, -0.2) is 4.79 Å². The summed E-state index contributed by atoms with van der Waals surface area (Å²) in [5, 5.41) is 16.1. The Morgan fingerprint density at radius 1 is 1.00 bits per heavy atom. The first-order valence-corrected chi connectivity index (χ1v) is 12.9. The molecule has 1 aromatic heterocycles. The van der Waals surface area contributed by atoms with Crippen molar-refractivity contribution in [2.45, 2.75) is 37.2 Å². The van der Waals surface area contributed by atoms with Gasteiger partial charge in [-0.1, -0.05) is 91.3 Å². The second kappa shape index (κ2) is 11.6. The van der Waals surface area contributed by atoms with E-state index in [0.717, 1.165) is 5.56 Å². The van der Waals surface area contributed by atoms with Gasteiger partial charge in [0.15, 0.2) is 11.0 Å². The Morgan fingerprint density at radius 3 is 2.46 bits per heavy atom. The predicted molar refractivity (Wildman–Crippen MR) is 144 cm³/mol. The molecule has 0 aliphatic heterocycles. The van der Waals surface area contributed by atoms with Crippen molar-refractivity contribution in [3.05, 3.63) is 99.8 Å². The van der Waals surface area contributed by atoms with E-state index in [2.05, 4.69) is 46.8 Å². The Balaban J connectivity index is 1.51. The first kappa shape index (κ1) is 25.1. The fourth-order valence-electron chi connectivity index (χ4n) is 3.42. The molecule has 0 unspecified atom stereocenters. The van der Waals surface area contributed by atoms with E-state index < -0.39 is 0 Å². The number of halogens is 2. The first-order chi connectivity index (χ1) is 16.9. The molecule has 0 radical (unpaired) electrons. The topological polar surface area (TPSA) is 71.8 Å². The van der Waals surface area contributed by atoms with E-state index in [1.807, 2.05) is 47.0 Å². The summed E-state index contributed by atoms with van der Waals surface area (Å²) in [6.07, 6.45) is 0. The van der Waals surface area contributed by atoms with Crippen molar-refractivity contribution >= 4 is 46.7 Å². The highest BCUT2D eigenvalue weighted by Crippen LogP contribution is 2.31. The van der Waals surface area contributed by atoms with Gasteiger partial charge in [-0.15, -0.1) is 10.2 Å². The minimum atomic E-state index is -0.340. The molecular formula is C26H25Cl2N5OS. The number of thioether (sulfide) groups is 1. The summed E-state index contributed by atoms with van der Waals surface area (Å²) in [5.74, 6) is 1.67. The van der Waals surface area contributed by atoms with Crippen LogP contribution in [0.4, 0.5) is 10.5 Å². The fraction of sp³-hybridized carbons (Fsp3) is 0.192. The van der Waals surface area contributed by atoms with Gasteiger partial charge in [0, 0.05) is 16.5 Å². The highest BCUT2D eigenvalue weighted by Gasteiger charge is 2.18. The van der Waals surface area contributed by atoms with Crippen LogP contribution in [0.15, 0.2) is 78.0 Å². The fourth-order valence-corrected chi connectivity index (χ4v) is 4.70. The summed E-state index contributed by atoms with van der Waals surface area (Å²) in [4.78, 5) is 12.6. The van der Waals surface area contributed by atoms with Crippen molar-refractivity contribution in [3.8, 4) is 5.69 Å². The number of rotatable bonds is 8. The van der Waals surface area contributed by atoms with E-state index in [-0.39, 0.29) is 12.6 Å². The molecule has 0 aliphatic carbocycles. The van der Waals surface area contributed by atoms with E-state index >= 15 is 0 Å². The number of amides is 2. The van der Waals surface area contributed by atoms with Gasteiger partial charge in [0.1, 0.15) is 0 Å². The molecular weight excluding hydrogens is 501 g/mol. The van der Waals surface area contributed by atoms with Crippen LogP contribution in [0.3, 0.4) is 0 Å². The van der Waals surface area contributed by atoms with Crippen molar-refractivity contribution in [2.24, 2.45) is 0 Å². The maximum Gasteiger partial charge on any atom is 0.319 e. The lowest BCUT2D eigenvalue weighted by molar-refractivity contribution is 0.251. The zero-order valence-corrected chi connectivity index (χ0v) is 21.7. The molecule has 9 heteroatoms. The van der Waals surface area contributed by atoms with E-state index in [0.29, 0.717) is 44.1 Å². The molecule has 0 saturated carbocycles. The number of carbonyl (C=O) groups is 1. The van der Waals surface area contributed by atoms with Crippen LogP contribution in [-0.4, -0.2) is 20.8 Å². The van der Waals surface area contributed by atoms with Crippen molar-refractivity contribution in [1.82, 2.24) is 20.1 Å². The zero-order valence-electron chi connectivity index (χ0n) is 19.3. The standard InChI is InChI=1S/C26H25Cl2N5OS/c1-17(2)19-8-11-21(12-9-19)30-25(34)29-15-24-31-32-26(35-16-18-6-4-3-5-7-18)33(24)23-14-20(27)10-13-22(23)28/h3-14,17H,15-16H2,1-2H3,(H2,29,30,34). The number of nitrogens with one attached hydrogen (secondary N) is 2. The zero-order chi connectivity index (χ0) is 24.8. The molecule has 4 aromatic rings. The van der Waals surface area contributed by atoms with Crippen LogP contribution < -0.4 is 10.6 Å². The van der Waals surface area contributed by atoms with Gasteiger partial charge in [-0.05, 0) is 47.4 Å². The molecule has 2 amide bonds. The number of benzene rings is 3. The second-order valence-corrected chi connectivity index (χ2v) is 9.97. The number of carbonyl (C=O) groups excluding carboxylic acids is 1. The normalized spacial score (nSPS) is 11.0. The van der Waals surface area contributed by atoms with Crippen molar-refractivity contribution < 1.29 is 4.79 Å². The predicted octanol–water partition coefficient (Wildman–Crippen LogP) is 7.31. The SMILES string of the molecule is CC(C)c1ccc(NC(=O)NCc2nnc(SCc3ccccc3)n2-c2cc(Cl)ccc2Cl)cc1.